The monoisotopic (exact) mass is 743 g/mol. The standard InChI is InChI=1S/C53H33N3O2/c1-3-12-35(13-4-1)36-22-26-39(27-23-36)54(40-28-24-37(25-29-40)42-18-11-21-50-52(42)45-17-8-10-20-49(45)57-50)41-30-32-46-47(34-41)55(38-14-5-2-6-15-38)51-33-31-44-43-16-7-9-19-48(43)58-53(44)56(46)51/h1-32,34H. The normalized spacial score (nSPS) is 12.9. The lowest BCUT2D eigenvalue weighted by molar-refractivity contribution is 0.616. The highest BCUT2D eigenvalue weighted by molar-refractivity contribution is 6.12. The fourth-order valence-corrected chi connectivity index (χ4v) is 8.70. The first-order valence-corrected chi connectivity index (χ1v) is 19.5. The van der Waals surface area contributed by atoms with Crippen molar-refractivity contribution >= 4 is 79.0 Å². The number of anilines is 7. The highest BCUT2D eigenvalue weighted by atomic mass is 16.4. The van der Waals surface area contributed by atoms with E-state index in [1.165, 1.54) is 11.1 Å². The fraction of sp³-hybridized carbons (Fsp3) is 0. The van der Waals surface area contributed by atoms with Crippen LogP contribution in [0, 0.1) is 0 Å². The third-order valence-electron chi connectivity index (χ3n) is 11.4. The van der Waals surface area contributed by atoms with Crippen molar-refractivity contribution in [2.45, 2.75) is 0 Å². The molecule has 5 heteroatoms. The summed E-state index contributed by atoms with van der Waals surface area (Å²) in [5.74, 6) is 1.70. The van der Waals surface area contributed by atoms with E-state index < -0.39 is 0 Å². The molecule has 0 spiro atoms. The van der Waals surface area contributed by atoms with E-state index in [1.54, 1.807) is 0 Å². The molecule has 0 unspecified atom stereocenters. The average molecular weight is 744 g/mol. The van der Waals surface area contributed by atoms with E-state index in [2.05, 4.69) is 190 Å². The minimum Gasteiger partial charge on any atom is -0.456 e. The number of nitrogens with zero attached hydrogens (tertiary/aromatic N) is 3. The van der Waals surface area contributed by atoms with Gasteiger partial charge in [-0.25, -0.2) is 0 Å². The van der Waals surface area contributed by atoms with E-state index in [4.69, 9.17) is 8.83 Å². The summed E-state index contributed by atoms with van der Waals surface area (Å²) in [4.78, 5) is 6.82. The first kappa shape index (κ1) is 32.3. The fourth-order valence-electron chi connectivity index (χ4n) is 8.70. The highest BCUT2D eigenvalue weighted by Crippen LogP contribution is 2.55. The maximum Gasteiger partial charge on any atom is 0.215 e. The molecule has 12 rings (SSSR count). The molecule has 4 heterocycles. The van der Waals surface area contributed by atoms with Crippen molar-refractivity contribution in [3.63, 3.8) is 0 Å². The van der Waals surface area contributed by atoms with E-state index in [0.717, 1.165) is 95.4 Å². The van der Waals surface area contributed by atoms with Gasteiger partial charge in [0.15, 0.2) is 5.82 Å². The Kier molecular flexibility index (Phi) is 7.12. The van der Waals surface area contributed by atoms with Gasteiger partial charge in [0.2, 0.25) is 5.88 Å². The Morgan fingerprint density at radius 1 is 0.431 bits per heavy atom. The van der Waals surface area contributed by atoms with Gasteiger partial charge in [0.1, 0.15) is 16.7 Å². The first-order chi connectivity index (χ1) is 28.8. The second-order valence-electron chi connectivity index (χ2n) is 14.7. The number of para-hydroxylation sites is 3. The molecule has 0 saturated heterocycles. The molecule has 58 heavy (non-hydrogen) atoms. The lowest BCUT2D eigenvalue weighted by atomic mass is 9.99. The van der Waals surface area contributed by atoms with Crippen LogP contribution in [0.3, 0.4) is 0 Å². The van der Waals surface area contributed by atoms with Crippen molar-refractivity contribution in [2.24, 2.45) is 0 Å². The first-order valence-electron chi connectivity index (χ1n) is 19.5. The van der Waals surface area contributed by atoms with Gasteiger partial charge in [-0.1, -0.05) is 127 Å². The molecule has 0 N–H and O–H groups in total. The number of hydrogen-bond acceptors (Lipinski definition) is 5. The summed E-state index contributed by atoms with van der Waals surface area (Å²) in [7, 11) is 0. The third-order valence-corrected chi connectivity index (χ3v) is 11.4. The maximum absolute atomic E-state index is 6.59. The van der Waals surface area contributed by atoms with Crippen LogP contribution < -0.4 is 14.7 Å². The summed E-state index contributed by atoms with van der Waals surface area (Å²) in [6, 6.07) is 68.2. The van der Waals surface area contributed by atoms with E-state index in [0.29, 0.717) is 0 Å². The summed E-state index contributed by atoms with van der Waals surface area (Å²) >= 11 is 0. The number of fused-ring (bicyclic) bond motifs is 10. The Labute approximate surface area is 334 Å². The van der Waals surface area contributed by atoms with Gasteiger partial charge in [-0.2, -0.15) is 0 Å². The van der Waals surface area contributed by atoms with Crippen LogP contribution in [0.5, 0.6) is 0 Å². The molecule has 2 aliphatic heterocycles. The average Bonchev–Trinajstić information content (AvgIpc) is 3.97. The maximum atomic E-state index is 6.59. The highest BCUT2D eigenvalue weighted by Gasteiger charge is 2.39. The van der Waals surface area contributed by atoms with Crippen LogP contribution in [0.2, 0.25) is 0 Å². The Morgan fingerprint density at radius 2 is 1.03 bits per heavy atom. The van der Waals surface area contributed by atoms with Crippen molar-refractivity contribution in [2.75, 3.05) is 14.7 Å². The number of benzene rings is 8. The van der Waals surface area contributed by atoms with Gasteiger partial charge < -0.3 is 13.7 Å². The molecule has 272 valence electrons. The van der Waals surface area contributed by atoms with Gasteiger partial charge in [-0.05, 0) is 101 Å². The molecule has 0 amide bonds. The topological polar surface area (TPSA) is 36.0 Å². The number of rotatable bonds is 6. The van der Waals surface area contributed by atoms with Crippen LogP contribution >= 0.6 is 0 Å². The quantitative estimate of drug-likeness (QED) is 0.159. The molecule has 0 saturated carbocycles. The smallest absolute Gasteiger partial charge is 0.215 e. The van der Waals surface area contributed by atoms with Gasteiger partial charge in [0, 0.05) is 38.9 Å². The van der Waals surface area contributed by atoms with Gasteiger partial charge in [0.25, 0.3) is 0 Å². The van der Waals surface area contributed by atoms with Crippen LogP contribution in [-0.4, -0.2) is 0 Å². The molecular formula is C53H33N3O2. The van der Waals surface area contributed by atoms with E-state index in [1.807, 2.05) is 30.3 Å². The van der Waals surface area contributed by atoms with Crippen molar-refractivity contribution < 1.29 is 8.83 Å². The van der Waals surface area contributed by atoms with E-state index >= 15 is 0 Å². The summed E-state index contributed by atoms with van der Waals surface area (Å²) < 4.78 is 12.8. The Hall–Kier alpha value is -7.98. The van der Waals surface area contributed by atoms with Gasteiger partial charge in [-0.15, -0.1) is 0 Å². The minimum atomic E-state index is 0.798. The van der Waals surface area contributed by atoms with Crippen LogP contribution in [0.4, 0.5) is 40.0 Å². The molecule has 0 radical (unpaired) electrons. The molecule has 0 bridgehead atoms. The zero-order valence-electron chi connectivity index (χ0n) is 31.2. The number of hydrogen-bond donors (Lipinski definition) is 0. The van der Waals surface area contributed by atoms with Gasteiger partial charge in [-0.3, -0.25) is 9.80 Å². The van der Waals surface area contributed by atoms with E-state index in [-0.39, 0.29) is 0 Å². The van der Waals surface area contributed by atoms with Crippen LogP contribution in [-0.2, 0) is 0 Å². The van der Waals surface area contributed by atoms with E-state index in [9.17, 15) is 0 Å². The largest absolute Gasteiger partial charge is 0.456 e. The Balaban J connectivity index is 1.02. The van der Waals surface area contributed by atoms with Crippen molar-refractivity contribution in [3.8, 4) is 22.3 Å². The molecule has 8 aromatic carbocycles. The zero-order valence-corrected chi connectivity index (χ0v) is 31.2. The van der Waals surface area contributed by atoms with Crippen LogP contribution in [0.1, 0.15) is 5.56 Å². The van der Waals surface area contributed by atoms with Gasteiger partial charge in [0.05, 0.1) is 16.9 Å². The lowest BCUT2D eigenvalue weighted by Gasteiger charge is -2.27. The third kappa shape index (κ3) is 4.98. The second-order valence-corrected chi connectivity index (χ2v) is 14.7. The van der Waals surface area contributed by atoms with Crippen LogP contribution in [0.25, 0.3) is 61.2 Å². The lowest BCUT2D eigenvalue weighted by Crippen LogP contribution is -2.22. The summed E-state index contributed by atoms with van der Waals surface area (Å²) in [5.41, 5.74) is 18.2. The SMILES string of the molecule is C1=Cc2c(oc3ccccc23)N2C=1N(c1ccccc1)c1cc(N(c3ccc(-c4ccccc4)cc3)c3ccc(-c4cccc5oc6ccccc6c45)cc3)ccc12. The van der Waals surface area contributed by atoms with Gasteiger partial charge >= 0.3 is 0 Å². The summed E-state index contributed by atoms with van der Waals surface area (Å²) in [5, 5.41) is 3.33. The van der Waals surface area contributed by atoms with Crippen molar-refractivity contribution in [3.05, 3.63) is 211 Å². The molecule has 0 atom stereocenters. The molecule has 0 fully saturated rings. The second kappa shape index (κ2) is 12.8. The predicted molar refractivity (Wildman–Crippen MR) is 238 cm³/mol. The Morgan fingerprint density at radius 3 is 1.79 bits per heavy atom. The molecule has 0 aliphatic carbocycles. The predicted octanol–water partition coefficient (Wildman–Crippen LogP) is 14.9. The molecular weight excluding hydrogens is 711 g/mol. The van der Waals surface area contributed by atoms with Crippen LogP contribution in [0.15, 0.2) is 215 Å². The molecule has 5 nitrogen and oxygen atoms in total. The number of furan rings is 2. The minimum absolute atomic E-state index is 0.798. The molecule has 2 aromatic heterocycles. The molecule has 10 aromatic rings. The Bertz CT molecular complexity index is 3260. The molecule has 2 aliphatic rings. The zero-order chi connectivity index (χ0) is 38.2. The summed E-state index contributed by atoms with van der Waals surface area (Å²) in [6.07, 6.45) is 2.06. The summed E-state index contributed by atoms with van der Waals surface area (Å²) in [6.45, 7) is 0. The van der Waals surface area contributed by atoms with Crippen molar-refractivity contribution in [1.29, 1.82) is 0 Å². The van der Waals surface area contributed by atoms with Crippen molar-refractivity contribution in [1.82, 2.24) is 0 Å².